The summed E-state index contributed by atoms with van der Waals surface area (Å²) in [5.74, 6) is 0.975. The van der Waals surface area contributed by atoms with Gasteiger partial charge in [-0.15, -0.1) is 0 Å². The smallest absolute Gasteiger partial charge is 0.260 e. The third-order valence-corrected chi connectivity index (χ3v) is 3.80. The standard InChI is InChI=1S/C16H15N5O/c1-2-6-14(21-9-3-4-10-21)12(5-1)16-19-15(20-22-16)13-11-17-7-8-18-13/h1-2,5-8,11H,3-4,9-10H2. The highest BCUT2D eigenvalue weighted by Gasteiger charge is 2.20. The van der Waals surface area contributed by atoms with Gasteiger partial charge in [0.25, 0.3) is 5.89 Å². The zero-order valence-corrected chi connectivity index (χ0v) is 12.0. The van der Waals surface area contributed by atoms with Crippen molar-refractivity contribution in [3.63, 3.8) is 0 Å². The predicted molar refractivity (Wildman–Crippen MR) is 82.2 cm³/mol. The third-order valence-electron chi connectivity index (χ3n) is 3.80. The van der Waals surface area contributed by atoms with Gasteiger partial charge in [0.2, 0.25) is 5.82 Å². The monoisotopic (exact) mass is 293 g/mol. The van der Waals surface area contributed by atoms with E-state index in [-0.39, 0.29) is 0 Å². The summed E-state index contributed by atoms with van der Waals surface area (Å²) in [5, 5.41) is 4.02. The summed E-state index contributed by atoms with van der Waals surface area (Å²) in [7, 11) is 0. The molecule has 0 spiro atoms. The molecule has 0 atom stereocenters. The highest BCUT2D eigenvalue weighted by molar-refractivity contribution is 5.74. The van der Waals surface area contributed by atoms with Gasteiger partial charge >= 0.3 is 0 Å². The zero-order chi connectivity index (χ0) is 14.8. The number of anilines is 1. The van der Waals surface area contributed by atoms with E-state index in [9.17, 15) is 0 Å². The van der Waals surface area contributed by atoms with Crippen molar-refractivity contribution >= 4 is 5.69 Å². The van der Waals surface area contributed by atoms with E-state index in [0.717, 1.165) is 24.3 Å². The number of para-hydroxylation sites is 1. The van der Waals surface area contributed by atoms with Crippen LogP contribution in [0.5, 0.6) is 0 Å². The van der Waals surface area contributed by atoms with Crippen LogP contribution in [0.3, 0.4) is 0 Å². The van der Waals surface area contributed by atoms with Crippen molar-refractivity contribution in [1.82, 2.24) is 20.1 Å². The quantitative estimate of drug-likeness (QED) is 0.739. The van der Waals surface area contributed by atoms with E-state index < -0.39 is 0 Å². The van der Waals surface area contributed by atoms with Crippen molar-refractivity contribution in [1.29, 1.82) is 0 Å². The lowest BCUT2D eigenvalue weighted by Gasteiger charge is -2.19. The lowest BCUT2D eigenvalue weighted by molar-refractivity contribution is 0.432. The molecule has 0 aliphatic carbocycles. The van der Waals surface area contributed by atoms with Crippen LogP contribution in [0, 0.1) is 0 Å². The van der Waals surface area contributed by atoms with Crippen molar-refractivity contribution in [2.75, 3.05) is 18.0 Å². The molecule has 2 aromatic heterocycles. The van der Waals surface area contributed by atoms with Crippen LogP contribution in [0.25, 0.3) is 23.0 Å². The Hall–Kier alpha value is -2.76. The van der Waals surface area contributed by atoms with Crippen molar-refractivity contribution in [2.24, 2.45) is 0 Å². The van der Waals surface area contributed by atoms with Crippen LogP contribution in [0.15, 0.2) is 47.4 Å². The molecule has 0 N–H and O–H groups in total. The number of nitrogens with zero attached hydrogens (tertiary/aromatic N) is 5. The summed E-state index contributed by atoms with van der Waals surface area (Å²) in [6.45, 7) is 2.14. The van der Waals surface area contributed by atoms with Crippen LogP contribution in [-0.4, -0.2) is 33.2 Å². The van der Waals surface area contributed by atoms with Crippen LogP contribution < -0.4 is 4.90 Å². The molecule has 6 nitrogen and oxygen atoms in total. The van der Waals surface area contributed by atoms with Gasteiger partial charge in [-0.05, 0) is 25.0 Å². The fourth-order valence-electron chi connectivity index (χ4n) is 2.74. The Bertz CT molecular complexity index is 765. The van der Waals surface area contributed by atoms with E-state index in [4.69, 9.17) is 4.52 Å². The molecule has 0 amide bonds. The van der Waals surface area contributed by atoms with E-state index in [1.807, 2.05) is 18.2 Å². The summed E-state index contributed by atoms with van der Waals surface area (Å²) < 4.78 is 5.45. The number of benzene rings is 1. The molecule has 1 aromatic carbocycles. The van der Waals surface area contributed by atoms with E-state index >= 15 is 0 Å². The molecule has 0 bridgehead atoms. The van der Waals surface area contributed by atoms with Gasteiger partial charge in [-0.1, -0.05) is 17.3 Å². The summed E-state index contributed by atoms with van der Waals surface area (Å²) >= 11 is 0. The lowest BCUT2D eigenvalue weighted by atomic mass is 10.1. The molecular weight excluding hydrogens is 278 g/mol. The Balaban J connectivity index is 1.72. The number of hydrogen-bond acceptors (Lipinski definition) is 6. The van der Waals surface area contributed by atoms with Gasteiger partial charge in [-0.25, -0.2) is 4.98 Å². The molecule has 1 aliphatic heterocycles. The lowest BCUT2D eigenvalue weighted by Crippen LogP contribution is -2.18. The van der Waals surface area contributed by atoms with E-state index in [1.165, 1.54) is 12.8 Å². The Labute approximate surface area is 127 Å². The molecule has 1 fully saturated rings. The fraction of sp³-hybridized carbons (Fsp3) is 0.250. The first-order chi connectivity index (χ1) is 10.9. The molecule has 0 unspecified atom stereocenters. The zero-order valence-electron chi connectivity index (χ0n) is 12.0. The molecule has 4 rings (SSSR count). The second-order valence-electron chi connectivity index (χ2n) is 5.23. The van der Waals surface area contributed by atoms with Crippen LogP contribution in [0.2, 0.25) is 0 Å². The number of hydrogen-bond donors (Lipinski definition) is 0. The summed E-state index contributed by atoms with van der Waals surface area (Å²) in [5.41, 5.74) is 2.72. The van der Waals surface area contributed by atoms with Gasteiger partial charge in [0.15, 0.2) is 0 Å². The Morgan fingerprint density at radius 2 is 1.91 bits per heavy atom. The molecule has 0 saturated carbocycles. The van der Waals surface area contributed by atoms with Gasteiger partial charge in [0.05, 0.1) is 11.8 Å². The minimum atomic E-state index is 0.458. The van der Waals surface area contributed by atoms with Crippen LogP contribution in [0.1, 0.15) is 12.8 Å². The average Bonchev–Trinajstić information content (AvgIpc) is 3.28. The molecular formula is C16H15N5O. The minimum absolute atomic E-state index is 0.458. The summed E-state index contributed by atoms with van der Waals surface area (Å²) in [4.78, 5) is 15.1. The molecule has 1 saturated heterocycles. The molecule has 3 aromatic rings. The topological polar surface area (TPSA) is 67.9 Å². The van der Waals surface area contributed by atoms with Gasteiger partial charge in [0.1, 0.15) is 5.69 Å². The maximum absolute atomic E-state index is 5.45. The second kappa shape index (κ2) is 5.55. The first-order valence-electron chi connectivity index (χ1n) is 7.36. The molecule has 1 aliphatic rings. The highest BCUT2D eigenvalue weighted by atomic mass is 16.5. The van der Waals surface area contributed by atoms with Gasteiger partial charge in [0, 0.05) is 31.2 Å². The van der Waals surface area contributed by atoms with E-state index in [1.54, 1.807) is 18.6 Å². The van der Waals surface area contributed by atoms with Crippen LogP contribution >= 0.6 is 0 Å². The second-order valence-corrected chi connectivity index (χ2v) is 5.23. The minimum Gasteiger partial charge on any atom is -0.371 e. The van der Waals surface area contributed by atoms with E-state index in [2.05, 4.69) is 31.1 Å². The van der Waals surface area contributed by atoms with Crippen molar-refractivity contribution < 1.29 is 4.52 Å². The normalized spacial score (nSPS) is 14.5. The maximum Gasteiger partial charge on any atom is 0.260 e. The highest BCUT2D eigenvalue weighted by Crippen LogP contribution is 2.32. The molecule has 3 heterocycles. The summed E-state index contributed by atoms with van der Waals surface area (Å²) in [6.07, 6.45) is 7.31. The maximum atomic E-state index is 5.45. The Kier molecular flexibility index (Phi) is 3.27. The predicted octanol–water partition coefficient (Wildman–Crippen LogP) is 2.79. The van der Waals surface area contributed by atoms with Gasteiger partial charge < -0.3 is 9.42 Å². The number of rotatable bonds is 3. The molecule has 110 valence electrons. The molecule has 6 heteroatoms. The molecule has 0 radical (unpaired) electrons. The Morgan fingerprint density at radius 1 is 1.05 bits per heavy atom. The van der Waals surface area contributed by atoms with Gasteiger partial charge in [-0.2, -0.15) is 4.98 Å². The first kappa shape index (κ1) is 12.9. The number of aromatic nitrogens is 4. The summed E-state index contributed by atoms with van der Waals surface area (Å²) in [6, 6.07) is 8.15. The van der Waals surface area contributed by atoms with Crippen molar-refractivity contribution in [3.8, 4) is 23.0 Å². The van der Waals surface area contributed by atoms with Crippen LogP contribution in [0.4, 0.5) is 5.69 Å². The third kappa shape index (κ3) is 2.32. The largest absolute Gasteiger partial charge is 0.371 e. The molecule has 22 heavy (non-hydrogen) atoms. The first-order valence-corrected chi connectivity index (χ1v) is 7.36. The van der Waals surface area contributed by atoms with Crippen molar-refractivity contribution in [3.05, 3.63) is 42.9 Å². The fourth-order valence-corrected chi connectivity index (χ4v) is 2.74. The van der Waals surface area contributed by atoms with Gasteiger partial charge in [-0.3, -0.25) is 4.98 Å². The SMILES string of the molecule is c1ccc(N2CCCC2)c(-c2nc(-c3cnccn3)no2)c1. The average molecular weight is 293 g/mol. The van der Waals surface area contributed by atoms with E-state index in [0.29, 0.717) is 17.4 Å². The Morgan fingerprint density at radius 3 is 2.73 bits per heavy atom. The van der Waals surface area contributed by atoms with Crippen LogP contribution in [-0.2, 0) is 0 Å². The van der Waals surface area contributed by atoms with Crippen molar-refractivity contribution in [2.45, 2.75) is 12.8 Å².